The number of piperazine rings is 1. The molecule has 178 valence electrons. The first-order chi connectivity index (χ1) is 14.1. The van der Waals surface area contributed by atoms with E-state index in [0.717, 1.165) is 32.1 Å². The van der Waals surface area contributed by atoms with E-state index in [1.807, 2.05) is 12.1 Å². The summed E-state index contributed by atoms with van der Waals surface area (Å²) in [4.78, 5) is 5.54. The molecule has 1 saturated carbocycles. The molecule has 3 rings (SSSR count). The zero-order valence-electron chi connectivity index (χ0n) is 20.2. The standard InChI is InChI=1S/C25H42N2O2S.ClH/c1-6-7-14-26-15-17-27(18-16-26)24-13-12-22(30(5,28)29)19-23(24)20-8-10-21(11-9-20)25(2,3)4;/h12-13,19-21H,6-11,14-18H2,1-5H3;1H. The number of sulfone groups is 1. The molecule has 0 spiro atoms. The van der Waals surface area contributed by atoms with Crippen molar-refractivity contribution in [3.63, 3.8) is 0 Å². The Morgan fingerprint density at radius 2 is 1.61 bits per heavy atom. The largest absolute Gasteiger partial charge is 0.369 e. The van der Waals surface area contributed by atoms with Crippen molar-refractivity contribution in [1.82, 2.24) is 4.90 Å². The van der Waals surface area contributed by atoms with Gasteiger partial charge >= 0.3 is 0 Å². The maximum atomic E-state index is 12.3. The molecule has 6 heteroatoms. The average Bonchev–Trinajstić information content (AvgIpc) is 2.71. The Balaban J connectivity index is 0.00000341. The summed E-state index contributed by atoms with van der Waals surface area (Å²) >= 11 is 0. The summed E-state index contributed by atoms with van der Waals surface area (Å²) in [6, 6.07) is 5.90. The van der Waals surface area contributed by atoms with Crippen molar-refractivity contribution in [2.45, 2.75) is 77.0 Å². The average molecular weight is 471 g/mol. The summed E-state index contributed by atoms with van der Waals surface area (Å²) in [5, 5.41) is 0. The summed E-state index contributed by atoms with van der Waals surface area (Å²) in [7, 11) is -3.19. The fourth-order valence-corrected chi connectivity index (χ4v) is 5.90. The smallest absolute Gasteiger partial charge is 0.175 e. The number of rotatable bonds is 6. The van der Waals surface area contributed by atoms with Crippen LogP contribution >= 0.6 is 12.4 Å². The summed E-state index contributed by atoms with van der Waals surface area (Å²) in [6.45, 7) is 14.8. The lowest BCUT2D eigenvalue weighted by Gasteiger charge is -2.40. The van der Waals surface area contributed by atoms with Gasteiger partial charge in [-0.1, -0.05) is 34.1 Å². The molecule has 0 amide bonds. The van der Waals surface area contributed by atoms with Crippen LogP contribution in [0.2, 0.25) is 0 Å². The normalized spacial score (nSPS) is 23.5. The van der Waals surface area contributed by atoms with E-state index in [9.17, 15) is 8.42 Å². The first kappa shape index (κ1) is 26.5. The molecule has 1 saturated heterocycles. The van der Waals surface area contributed by atoms with E-state index in [1.54, 1.807) is 0 Å². The predicted molar refractivity (Wildman–Crippen MR) is 135 cm³/mol. The van der Waals surface area contributed by atoms with Gasteiger partial charge in [-0.3, -0.25) is 4.90 Å². The third-order valence-electron chi connectivity index (χ3n) is 7.36. The SMILES string of the molecule is CCCCN1CCN(c2ccc(S(C)(=O)=O)cc2C2CCC(C(C)(C)C)CC2)CC1.Cl. The number of halogens is 1. The van der Waals surface area contributed by atoms with Crippen molar-refractivity contribution in [3.8, 4) is 0 Å². The van der Waals surface area contributed by atoms with Crippen LogP contribution in [-0.4, -0.2) is 52.3 Å². The van der Waals surface area contributed by atoms with E-state index in [-0.39, 0.29) is 12.4 Å². The second-order valence-electron chi connectivity index (χ2n) is 10.6. The molecular weight excluding hydrogens is 428 g/mol. The third kappa shape index (κ3) is 6.85. The van der Waals surface area contributed by atoms with Gasteiger partial charge in [0.15, 0.2) is 9.84 Å². The lowest BCUT2D eigenvalue weighted by molar-refractivity contribution is 0.169. The number of unbranched alkanes of at least 4 members (excludes halogenated alkanes) is 1. The molecule has 0 radical (unpaired) electrons. The Bertz CT molecular complexity index is 803. The van der Waals surface area contributed by atoms with Gasteiger partial charge in [-0.05, 0) is 79.7 Å². The monoisotopic (exact) mass is 470 g/mol. The molecule has 1 aromatic carbocycles. The van der Waals surface area contributed by atoms with Crippen LogP contribution in [0.15, 0.2) is 23.1 Å². The number of nitrogens with zero attached hydrogens (tertiary/aromatic N) is 2. The number of hydrogen-bond acceptors (Lipinski definition) is 4. The van der Waals surface area contributed by atoms with Gasteiger partial charge in [0.05, 0.1) is 4.90 Å². The van der Waals surface area contributed by atoms with Gasteiger partial charge in [0, 0.05) is 38.1 Å². The molecule has 0 atom stereocenters. The highest BCUT2D eigenvalue weighted by atomic mass is 35.5. The van der Waals surface area contributed by atoms with Crippen molar-refractivity contribution in [2.75, 3.05) is 43.9 Å². The molecule has 1 aliphatic carbocycles. The van der Waals surface area contributed by atoms with E-state index in [4.69, 9.17) is 0 Å². The van der Waals surface area contributed by atoms with Crippen LogP contribution in [0.4, 0.5) is 5.69 Å². The molecule has 1 aromatic rings. The maximum absolute atomic E-state index is 12.3. The molecule has 0 N–H and O–H groups in total. The van der Waals surface area contributed by atoms with Gasteiger partial charge in [-0.15, -0.1) is 12.4 Å². The van der Waals surface area contributed by atoms with Crippen LogP contribution in [0.1, 0.15) is 77.7 Å². The van der Waals surface area contributed by atoms with Crippen molar-refractivity contribution in [3.05, 3.63) is 23.8 Å². The van der Waals surface area contributed by atoms with Crippen LogP contribution < -0.4 is 4.90 Å². The van der Waals surface area contributed by atoms with Gasteiger partial charge in [0.25, 0.3) is 0 Å². The topological polar surface area (TPSA) is 40.6 Å². The number of anilines is 1. The Hall–Kier alpha value is -0.780. The van der Waals surface area contributed by atoms with E-state index < -0.39 is 9.84 Å². The zero-order valence-corrected chi connectivity index (χ0v) is 21.8. The minimum atomic E-state index is -3.19. The van der Waals surface area contributed by atoms with Crippen LogP contribution in [0, 0.1) is 11.3 Å². The van der Waals surface area contributed by atoms with E-state index in [0.29, 0.717) is 16.2 Å². The van der Waals surface area contributed by atoms with Crippen LogP contribution in [-0.2, 0) is 9.84 Å². The molecule has 31 heavy (non-hydrogen) atoms. The van der Waals surface area contributed by atoms with Crippen LogP contribution in [0.3, 0.4) is 0 Å². The molecule has 1 heterocycles. The highest BCUT2D eigenvalue weighted by Gasteiger charge is 2.32. The fraction of sp³-hybridized carbons (Fsp3) is 0.760. The van der Waals surface area contributed by atoms with Crippen LogP contribution in [0.5, 0.6) is 0 Å². The van der Waals surface area contributed by atoms with Gasteiger partial charge < -0.3 is 4.90 Å². The van der Waals surface area contributed by atoms with E-state index in [2.05, 4.69) is 43.6 Å². The van der Waals surface area contributed by atoms with Crippen molar-refractivity contribution < 1.29 is 8.42 Å². The van der Waals surface area contributed by atoms with Gasteiger partial charge in [-0.2, -0.15) is 0 Å². The fourth-order valence-electron chi connectivity index (χ4n) is 5.24. The maximum Gasteiger partial charge on any atom is 0.175 e. The molecule has 0 aromatic heterocycles. The van der Waals surface area contributed by atoms with Gasteiger partial charge in [0.2, 0.25) is 0 Å². The molecule has 2 aliphatic rings. The van der Waals surface area contributed by atoms with Gasteiger partial charge in [0.1, 0.15) is 0 Å². The highest BCUT2D eigenvalue weighted by molar-refractivity contribution is 7.90. The lowest BCUT2D eigenvalue weighted by atomic mass is 9.68. The second-order valence-corrected chi connectivity index (χ2v) is 12.6. The molecular formula is C25H43ClN2O2S. The summed E-state index contributed by atoms with van der Waals surface area (Å²) in [5.74, 6) is 1.23. The summed E-state index contributed by atoms with van der Waals surface area (Å²) < 4.78 is 24.5. The second kappa shape index (κ2) is 10.9. The summed E-state index contributed by atoms with van der Waals surface area (Å²) in [6.07, 6.45) is 8.65. The van der Waals surface area contributed by atoms with E-state index in [1.165, 1.54) is 62.6 Å². The zero-order chi connectivity index (χ0) is 21.9. The van der Waals surface area contributed by atoms with Crippen LogP contribution in [0.25, 0.3) is 0 Å². The Morgan fingerprint density at radius 3 is 2.13 bits per heavy atom. The molecule has 2 fully saturated rings. The first-order valence-electron chi connectivity index (χ1n) is 11.9. The van der Waals surface area contributed by atoms with Crippen molar-refractivity contribution in [2.24, 2.45) is 11.3 Å². The number of hydrogen-bond donors (Lipinski definition) is 0. The van der Waals surface area contributed by atoms with Crippen molar-refractivity contribution >= 4 is 27.9 Å². The third-order valence-corrected chi connectivity index (χ3v) is 8.47. The quantitative estimate of drug-likeness (QED) is 0.530. The molecule has 0 bridgehead atoms. The molecule has 0 unspecified atom stereocenters. The van der Waals surface area contributed by atoms with Crippen molar-refractivity contribution in [1.29, 1.82) is 0 Å². The molecule has 4 nitrogen and oxygen atoms in total. The number of benzene rings is 1. The predicted octanol–water partition coefficient (Wildman–Crippen LogP) is 5.75. The Labute approximate surface area is 197 Å². The first-order valence-corrected chi connectivity index (χ1v) is 13.8. The Kier molecular flexibility index (Phi) is 9.30. The van der Waals surface area contributed by atoms with Gasteiger partial charge in [-0.25, -0.2) is 8.42 Å². The highest BCUT2D eigenvalue weighted by Crippen LogP contribution is 2.45. The minimum absolute atomic E-state index is 0. The summed E-state index contributed by atoms with van der Waals surface area (Å²) in [5.41, 5.74) is 2.90. The molecule has 1 aliphatic heterocycles. The van der Waals surface area contributed by atoms with E-state index >= 15 is 0 Å². The lowest BCUT2D eigenvalue weighted by Crippen LogP contribution is -2.47. The Morgan fingerprint density at radius 1 is 1.00 bits per heavy atom. The minimum Gasteiger partial charge on any atom is -0.369 e.